The van der Waals surface area contributed by atoms with Crippen LogP contribution in [-0.4, -0.2) is 25.9 Å². The van der Waals surface area contributed by atoms with Crippen molar-refractivity contribution in [2.75, 3.05) is 19.8 Å². The van der Waals surface area contributed by atoms with Gasteiger partial charge in [-0.25, -0.2) is 0 Å². The van der Waals surface area contributed by atoms with E-state index in [2.05, 4.69) is 13.5 Å². The van der Waals surface area contributed by atoms with Crippen LogP contribution in [0.2, 0.25) is 0 Å². The molecule has 1 aliphatic heterocycles. The molecule has 0 aliphatic carbocycles. The fourth-order valence-corrected chi connectivity index (χ4v) is 0.993. The van der Waals surface area contributed by atoms with Crippen LogP contribution in [0.15, 0.2) is 12.7 Å². The van der Waals surface area contributed by atoms with Gasteiger partial charge in [-0.3, -0.25) is 0 Å². The first-order chi connectivity index (χ1) is 5.36. The van der Waals surface area contributed by atoms with Gasteiger partial charge in [0, 0.05) is 5.92 Å². The first-order valence-electron chi connectivity index (χ1n) is 4.18. The van der Waals surface area contributed by atoms with Crippen LogP contribution in [0.1, 0.15) is 13.3 Å². The average molecular weight is 156 g/mol. The highest BCUT2D eigenvalue weighted by atomic mass is 16.5. The van der Waals surface area contributed by atoms with E-state index in [0.717, 1.165) is 26.2 Å². The van der Waals surface area contributed by atoms with Crippen molar-refractivity contribution in [2.24, 2.45) is 5.92 Å². The molecule has 1 rings (SSSR count). The zero-order valence-electron chi connectivity index (χ0n) is 7.08. The summed E-state index contributed by atoms with van der Waals surface area (Å²) in [6.45, 7) is 8.36. The summed E-state index contributed by atoms with van der Waals surface area (Å²) in [7, 11) is 0. The van der Waals surface area contributed by atoms with Gasteiger partial charge in [0.2, 0.25) is 0 Å². The fourth-order valence-electron chi connectivity index (χ4n) is 0.993. The van der Waals surface area contributed by atoms with Crippen LogP contribution >= 0.6 is 0 Å². The molecule has 0 N–H and O–H groups in total. The van der Waals surface area contributed by atoms with E-state index in [1.165, 1.54) is 0 Å². The zero-order chi connectivity index (χ0) is 8.10. The molecule has 2 nitrogen and oxygen atoms in total. The molecular weight excluding hydrogens is 140 g/mol. The molecule has 1 aliphatic rings. The summed E-state index contributed by atoms with van der Waals surface area (Å²) < 4.78 is 10.6. The van der Waals surface area contributed by atoms with Crippen LogP contribution in [0.3, 0.4) is 0 Å². The average Bonchev–Trinajstić information content (AvgIpc) is 1.95. The molecule has 1 heterocycles. The highest BCUT2D eigenvalue weighted by molar-refractivity contribution is 4.79. The number of hydrogen-bond acceptors (Lipinski definition) is 2. The number of ether oxygens (including phenoxy) is 2. The van der Waals surface area contributed by atoms with Gasteiger partial charge in [0.15, 0.2) is 0 Å². The van der Waals surface area contributed by atoms with Gasteiger partial charge >= 0.3 is 0 Å². The molecule has 0 aromatic carbocycles. The van der Waals surface area contributed by atoms with E-state index in [1.54, 1.807) is 0 Å². The molecule has 0 saturated carbocycles. The standard InChI is InChI=1S/C9H16O2/c1-3-9(4-2)11-7-8-5-10-6-8/h3,8-9H,1,4-7H2,2H3. The van der Waals surface area contributed by atoms with E-state index in [4.69, 9.17) is 9.47 Å². The summed E-state index contributed by atoms with van der Waals surface area (Å²) in [4.78, 5) is 0. The predicted molar refractivity (Wildman–Crippen MR) is 44.5 cm³/mol. The number of hydrogen-bond donors (Lipinski definition) is 0. The molecule has 1 fully saturated rings. The van der Waals surface area contributed by atoms with Crippen molar-refractivity contribution >= 4 is 0 Å². The van der Waals surface area contributed by atoms with E-state index in [1.807, 2.05) is 6.08 Å². The van der Waals surface area contributed by atoms with Gasteiger partial charge in [0.05, 0.1) is 25.9 Å². The highest BCUT2D eigenvalue weighted by Crippen LogP contribution is 2.11. The van der Waals surface area contributed by atoms with Crippen LogP contribution in [0, 0.1) is 5.92 Å². The summed E-state index contributed by atoms with van der Waals surface area (Å²) in [5, 5.41) is 0. The Morgan fingerprint density at radius 3 is 2.82 bits per heavy atom. The lowest BCUT2D eigenvalue weighted by Crippen LogP contribution is -2.32. The minimum Gasteiger partial charge on any atom is -0.381 e. The lowest BCUT2D eigenvalue weighted by molar-refractivity contribution is -0.0806. The Kier molecular flexibility index (Phi) is 3.60. The Labute approximate surface area is 68.2 Å². The van der Waals surface area contributed by atoms with Crippen LogP contribution in [-0.2, 0) is 9.47 Å². The fraction of sp³-hybridized carbons (Fsp3) is 0.778. The maximum absolute atomic E-state index is 5.55. The van der Waals surface area contributed by atoms with E-state index in [-0.39, 0.29) is 6.10 Å². The van der Waals surface area contributed by atoms with Crippen molar-refractivity contribution < 1.29 is 9.47 Å². The zero-order valence-corrected chi connectivity index (χ0v) is 7.08. The topological polar surface area (TPSA) is 18.5 Å². The second kappa shape index (κ2) is 4.52. The van der Waals surface area contributed by atoms with Gasteiger partial charge < -0.3 is 9.47 Å². The third kappa shape index (κ3) is 2.64. The molecule has 1 saturated heterocycles. The quantitative estimate of drug-likeness (QED) is 0.563. The molecular formula is C9H16O2. The lowest BCUT2D eigenvalue weighted by Gasteiger charge is -2.26. The smallest absolute Gasteiger partial charge is 0.0750 e. The van der Waals surface area contributed by atoms with Crippen molar-refractivity contribution in [1.29, 1.82) is 0 Å². The Morgan fingerprint density at radius 2 is 2.45 bits per heavy atom. The van der Waals surface area contributed by atoms with Crippen molar-refractivity contribution in [3.05, 3.63) is 12.7 Å². The van der Waals surface area contributed by atoms with Crippen molar-refractivity contribution in [2.45, 2.75) is 19.4 Å². The maximum Gasteiger partial charge on any atom is 0.0750 e. The van der Waals surface area contributed by atoms with E-state index >= 15 is 0 Å². The molecule has 0 bridgehead atoms. The van der Waals surface area contributed by atoms with Gasteiger partial charge in [0.25, 0.3) is 0 Å². The van der Waals surface area contributed by atoms with E-state index < -0.39 is 0 Å². The summed E-state index contributed by atoms with van der Waals surface area (Å²) in [5.74, 6) is 0.629. The molecule has 0 amide bonds. The Bertz CT molecular complexity index is 119. The summed E-state index contributed by atoms with van der Waals surface area (Å²) in [6, 6.07) is 0. The van der Waals surface area contributed by atoms with Gasteiger partial charge in [-0.2, -0.15) is 0 Å². The van der Waals surface area contributed by atoms with Gasteiger partial charge in [-0.1, -0.05) is 13.0 Å². The summed E-state index contributed by atoms with van der Waals surface area (Å²) >= 11 is 0. The molecule has 1 atom stereocenters. The van der Waals surface area contributed by atoms with Gasteiger partial charge in [0.1, 0.15) is 0 Å². The van der Waals surface area contributed by atoms with Crippen molar-refractivity contribution in [1.82, 2.24) is 0 Å². The summed E-state index contributed by atoms with van der Waals surface area (Å²) in [5.41, 5.74) is 0. The first kappa shape index (κ1) is 8.75. The minimum atomic E-state index is 0.232. The molecule has 0 radical (unpaired) electrons. The monoisotopic (exact) mass is 156 g/mol. The summed E-state index contributed by atoms with van der Waals surface area (Å²) in [6.07, 6.45) is 3.10. The van der Waals surface area contributed by atoms with Crippen molar-refractivity contribution in [3.8, 4) is 0 Å². The third-order valence-electron chi connectivity index (χ3n) is 1.92. The lowest BCUT2D eigenvalue weighted by atomic mass is 10.1. The van der Waals surface area contributed by atoms with Gasteiger partial charge in [-0.15, -0.1) is 6.58 Å². The van der Waals surface area contributed by atoms with E-state index in [0.29, 0.717) is 5.92 Å². The predicted octanol–water partition coefficient (Wildman–Crippen LogP) is 1.61. The molecule has 0 aromatic heterocycles. The van der Waals surface area contributed by atoms with Crippen LogP contribution in [0.4, 0.5) is 0 Å². The Morgan fingerprint density at radius 1 is 1.73 bits per heavy atom. The molecule has 11 heavy (non-hydrogen) atoms. The highest BCUT2D eigenvalue weighted by Gasteiger charge is 2.19. The molecule has 0 aromatic rings. The molecule has 0 spiro atoms. The van der Waals surface area contributed by atoms with Gasteiger partial charge in [-0.05, 0) is 6.42 Å². The Hall–Kier alpha value is -0.340. The first-order valence-corrected chi connectivity index (χ1v) is 4.18. The maximum atomic E-state index is 5.55. The number of rotatable bonds is 5. The van der Waals surface area contributed by atoms with Crippen molar-refractivity contribution in [3.63, 3.8) is 0 Å². The second-order valence-electron chi connectivity index (χ2n) is 2.92. The van der Waals surface area contributed by atoms with E-state index in [9.17, 15) is 0 Å². The molecule has 1 unspecified atom stereocenters. The normalized spacial score (nSPS) is 20.8. The largest absolute Gasteiger partial charge is 0.381 e. The molecule has 2 heteroatoms. The Balaban J connectivity index is 2.03. The van der Waals surface area contributed by atoms with Crippen LogP contribution in [0.5, 0.6) is 0 Å². The van der Waals surface area contributed by atoms with Crippen LogP contribution < -0.4 is 0 Å². The SMILES string of the molecule is C=CC(CC)OCC1COC1. The molecule has 64 valence electrons. The second-order valence-corrected chi connectivity index (χ2v) is 2.92. The third-order valence-corrected chi connectivity index (χ3v) is 1.92. The van der Waals surface area contributed by atoms with Crippen LogP contribution in [0.25, 0.3) is 0 Å². The minimum absolute atomic E-state index is 0.232.